The van der Waals surface area contributed by atoms with Gasteiger partial charge >= 0.3 is 0 Å². The molecule has 0 spiro atoms. The molecule has 0 fully saturated rings. The van der Waals surface area contributed by atoms with Gasteiger partial charge in [0.2, 0.25) is 0 Å². The van der Waals surface area contributed by atoms with E-state index < -0.39 is 0 Å². The summed E-state index contributed by atoms with van der Waals surface area (Å²) in [6, 6.07) is 18.0. The van der Waals surface area contributed by atoms with Gasteiger partial charge in [-0.1, -0.05) is 30.3 Å². The fourth-order valence-corrected chi connectivity index (χ4v) is 3.67. The first-order chi connectivity index (χ1) is 13.3. The van der Waals surface area contributed by atoms with E-state index in [1.54, 1.807) is 7.11 Å². The molecule has 0 saturated heterocycles. The predicted octanol–water partition coefficient (Wildman–Crippen LogP) is 4.09. The van der Waals surface area contributed by atoms with Crippen molar-refractivity contribution in [1.29, 1.82) is 5.26 Å². The van der Waals surface area contributed by atoms with E-state index in [4.69, 9.17) is 9.84 Å². The predicted molar refractivity (Wildman–Crippen MR) is 106 cm³/mol. The standard InChI is InChI=1S/C22H22N4O/c1-27-21-12-5-3-8-16(21)14-19-18-10-6-7-13-24-22(18)26(25-19)20-11-4-2-9-17(20)15-23/h2-5,8-9,11-12,24H,6-7,10,13-14H2,1H3. The van der Waals surface area contributed by atoms with Crippen molar-refractivity contribution in [2.45, 2.75) is 25.7 Å². The minimum Gasteiger partial charge on any atom is -0.496 e. The molecule has 4 rings (SSSR count). The fourth-order valence-electron chi connectivity index (χ4n) is 3.67. The molecular formula is C22H22N4O. The summed E-state index contributed by atoms with van der Waals surface area (Å²) >= 11 is 0. The number of fused-ring (bicyclic) bond motifs is 1. The first-order valence-electron chi connectivity index (χ1n) is 9.28. The number of hydrogen-bond donors (Lipinski definition) is 1. The normalized spacial score (nSPS) is 13.2. The molecule has 0 bridgehead atoms. The zero-order chi connectivity index (χ0) is 18.6. The van der Waals surface area contributed by atoms with Crippen LogP contribution in [0.15, 0.2) is 48.5 Å². The molecule has 0 amide bonds. The Kier molecular flexibility index (Phi) is 4.80. The second-order valence-electron chi connectivity index (χ2n) is 6.69. The van der Waals surface area contributed by atoms with Gasteiger partial charge in [-0.25, -0.2) is 4.68 Å². The van der Waals surface area contributed by atoms with Gasteiger partial charge in [-0.3, -0.25) is 0 Å². The SMILES string of the molecule is COc1ccccc1Cc1nn(-c2ccccc2C#N)c2c1CCCCN2. The highest BCUT2D eigenvalue weighted by Gasteiger charge is 2.22. The van der Waals surface area contributed by atoms with Gasteiger partial charge in [0.15, 0.2) is 0 Å². The van der Waals surface area contributed by atoms with Gasteiger partial charge in [-0.05, 0) is 37.5 Å². The van der Waals surface area contributed by atoms with Crippen molar-refractivity contribution >= 4 is 5.82 Å². The summed E-state index contributed by atoms with van der Waals surface area (Å²) in [5.41, 5.74) is 4.84. The summed E-state index contributed by atoms with van der Waals surface area (Å²) in [4.78, 5) is 0. The quantitative estimate of drug-likeness (QED) is 0.763. The average Bonchev–Trinajstić information content (AvgIpc) is 2.89. The van der Waals surface area contributed by atoms with Gasteiger partial charge < -0.3 is 10.1 Å². The summed E-state index contributed by atoms with van der Waals surface area (Å²) in [7, 11) is 1.70. The van der Waals surface area contributed by atoms with Crippen molar-refractivity contribution in [1.82, 2.24) is 9.78 Å². The number of methoxy groups -OCH3 is 1. The fraction of sp³-hybridized carbons (Fsp3) is 0.273. The number of para-hydroxylation sites is 2. The van der Waals surface area contributed by atoms with E-state index in [1.807, 2.05) is 47.1 Å². The molecule has 136 valence electrons. The molecule has 2 aromatic carbocycles. The number of hydrogen-bond acceptors (Lipinski definition) is 4. The van der Waals surface area contributed by atoms with Crippen molar-refractivity contribution in [3.8, 4) is 17.5 Å². The lowest BCUT2D eigenvalue weighted by molar-refractivity contribution is 0.410. The van der Waals surface area contributed by atoms with E-state index in [2.05, 4.69) is 17.5 Å². The first kappa shape index (κ1) is 17.2. The molecule has 0 radical (unpaired) electrons. The zero-order valence-electron chi connectivity index (χ0n) is 15.4. The van der Waals surface area contributed by atoms with Gasteiger partial charge in [0.05, 0.1) is 24.1 Å². The second kappa shape index (κ2) is 7.55. The molecule has 1 aliphatic heterocycles. The lowest BCUT2D eigenvalue weighted by Gasteiger charge is -2.10. The molecule has 0 atom stereocenters. The molecule has 0 unspecified atom stereocenters. The third kappa shape index (κ3) is 3.26. The minimum atomic E-state index is 0.623. The Bertz CT molecular complexity index is 1000. The Morgan fingerprint density at radius 2 is 1.96 bits per heavy atom. The topological polar surface area (TPSA) is 62.9 Å². The zero-order valence-corrected chi connectivity index (χ0v) is 15.4. The van der Waals surface area contributed by atoms with Crippen LogP contribution in [0.1, 0.15) is 35.2 Å². The minimum absolute atomic E-state index is 0.623. The molecule has 0 saturated carbocycles. The summed E-state index contributed by atoms with van der Waals surface area (Å²) < 4.78 is 7.43. The Hall–Kier alpha value is -3.26. The van der Waals surface area contributed by atoms with Crippen LogP contribution in [0.3, 0.4) is 0 Å². The Balaban J connectivity index is 1.84. The van der Waals surface area contributed by atoms with Gasteiger partial charge in [0.1, 0.15) is 17.6 Å². The van der Waals surface area contributed by atoms with Gasteiger partial charge in [-0.2, -0.15) is 10.4 Å². The van der Waals surface area contributed by atoms with Crippen LogP contribution in [0.25, 0.3) is 5.69 Å². The molecule has 0 aliphatic carbocycles. The van der Waals surface area contributed by atoms with Gasteiger partial charge in [0.25, 0.3) is 0 Å². The van der Waals surface area contributed by atoms with Crippen LogP contribution in [0.4, 0.5) is 5.82 Å². The monoisotopic (exact) mass is 358 g/mol. The molecule has 3 aromatic rings. The smallest absolute Gasteiger partial charge is 0.133 e. The lowest BCUT2D eigenvalue weighted by Crippen LogP contribution is -2.08. The second-order valence-corrected chi connectivity index (χ2v) is 6.69. The maximum atomic E-state index is 9.52. The maximum absolute atomic E-state index is 9.52. The highest BCUT2D eigenvalue weighted by Crippen LogP contribution is 2.31. The van der Waals surface area contributed by atoms with Crippen molar-refractivity contribution in [2.24, 2.45) is 0 Å². The highest BCUT2D eigenvalue weighted by atomic mass is 16.5. The summed E-state index contributed by atoms with van der Waals surface area (Å²) in [6.45, 7) is 0.918. The van der Waals surface area contributed by atoms with E-state index in [1.165, 1.54) is 5.56 Å². The molecule has 5 nitrogen and oxygen atoms in total. The molecule has 1 aromatic heterocycles. The number of nitriles is 1. The summed E-state index contributed by atoms with van der Waals surface area (Å²) in [5, 5.41) is 18.0. The van der Waals surface area contributed by atoms with E-state index in [9.17, 15) is 5.26 Å². The highest BCUT2D eigenvalue weighted by molar-refractivity contribution is 5.59. The Morgan fingerprint density at radius 3 is 2.81 bits per heavy atom. The maximum Gasteiger partial charge on any atom is 0.133 e. The Morgan fingerprint density at radius 1 is 1.15 bits per heavy atom. The number of anilines is 1. The van der Waals surface area contributed by atoms with E-state index in [-0.39, 0.29) is 0 Å². The van der Waals surface area contributed by atoms with Crippen molar-refractivity contribution in [3.63, 3.8) is 0 Å². The largest absolute Gasteiger partial charge is 0.496 e. The third-order valence-electron chi connectivity index (χ3n) is 5.02. The molecule has 5 heteroatoms. The van der Waals surface area contributed by atoms with Crippen molar-refractivity contribution < 1.29 is 4.74 Å². The number of nitrogens with one attached hydrogen (secondary N) is 1. The summed E-state index contributed by atoms with van der Waals surface area (Å²) in [5.74, 6) is 1.89. The number of ether oxygens (including phenoxy) is 1. The molecule has 27 heavy (non-hydrogen) atoms. The Labute approximate surface area is 159 Å². The number of nitrogens with zero attached hydrogens (tertiary/aromatic N) is 3. The molecular weight excluding hydrogens is 336 g/mol. The summed E-state index contributed by atoms with van der Waals surface area (Å²) in [6.07, 6.45) is 3.95. The van der Waals surface area contributed by atoms with Crippen molar-refractivity contribution in [2.75, 3.05) is 19.0 Å². The first-order valence-corrected chi connectivity index (χ1v) is 9.28. The van der Waals surface area contributed by atoms with Crippen LogP contribution in [0, 0.1) is 11.3 Å². The van der Waals surface area contributed by atoms with Gasteiger partial charge in [-0.15, -0.1) is 0 Å². The van der Waals surface area contributed by atoms with Crippen LogP contribution in [-0.4, -0.2) is 23.4 Å². The number of rotatable bonds is 4. The number of benzene rings is 2. The molecule has 2 heterocycles. The average molecular weight is 358 g/mol. The van der Waals surface area contributed by atoms with Gasteiger partial charge in [0, 0.05) is 24.1 Å². The van der Waals surface area contributed by atoms with Crippen LogP contribution in [-0.2, 0) is 12.8 Å². The van der Waals surface area contributed by atoms with Crippen LogP contribution >= 0.6 is 0 Å². The van der Waals surface area contributed by atoms with Crippen LogP contribution in [0.5, 0.6) is 5.75 Å². The van der Waals surface area contributed by atoms with E-state index in [0.29, 0.717) is 12.0 Å². The number of aromatic nitrogens is 2. The molecule has 1 N–H and O–H groups in total. The van der Waals surface area contributed by atoms with Crippen molar-refractivity contribution in [3.05, 3.63) is 70.9 Å². The van der Waals surface area contributed by atoms with Crippen LogP contribution < -0.4 is 10.1 Å². The lowest BCUT2D eigenvalue weighted by atomic mass is 10.0. The van der Waals surface area contributed by atoms with Crippen LogP contribution in [0.2, 0.25) is 0 Å². The molecule has 1 aliphatic rings. The van der Waals surface area contributed by atoms with E-state index >= 15 is 0 Å². The third-order valence-corrected chi connectivity index (χ3v) is 5.02. The van der Waals surface area contributed by atoms with E-state index in [0.717, 1.165) is 54.3 Å².